The summed E-state index contributed by atoms with van der Waals surface area (Å²) in [6.07, 6.45) is 0.935. The van der Waals surface area contributed by atoms with E-state index < -0.39 is 17.0 Å². The predicted molar refractivity (Wildman–Crippen MR) is 193 cm³/mol. The first-order valence-corrected chi connectivity index (χ1v) is 15.5. The molecular formula is C36H32Cs2N6O11. The van der Waals surface area contributed by atoms with Crippen molar-refractivity contribution in [2.45, 2.75) is 13.3 Å². The number of rotatable bonds is 9. The molecule has 2 heterocycles. The van der Waals surface area contributed by atoms with Gasteiger partial charge < -0.3 is 40.5 Å². The number of ether oxygens (including phenoxy) is 1. The third kappa shape index (κ3) is 15.3. The Bertz CT molecular complexity index is 2360. The summed E-state index contributed by atoms with van der Waals surface area (Å²) in [7, 11) is 0. The maximum Gasteiger partial charge on any atom is 1.00 e. The smallest absolute Gasteiger partial charge is 1.00 e. The van der Waals surface area contributed by atoms with Crippen LogP contribution in [0, 0.1) is 0 Å². The average Bonchev–Trinajstić information content (AvgIpc) is 3.19. The Morgan fingerprint density at radius 2 is 1.20 bits per heavy atom. The van der Waals surface area contributed by atoms with E-state index in [1.54, 1.807) is 18.2 Å². The zero-order valence-corrected chi connectivity index (χ0v) is 42.5. The minimum absolute atomic E-state index is 0. The minimum atomic E-state index is -0.577. The molecule has 6 rings (SSSR count). The van der Waals surface area contributed by atoms with E-state index in [0.717, 1.165) is 17.5 Å². The van der Waals surface area contributed by atoms with E-state index in [2.05, 4.69) is 24.9 Å². The van der Waals surface area contributed by atoms with Crippen molar-refractivity contribution in [3.63, 3.8) is 0 Å². The zero-order chi connectivity index (χ0) is 38.6. The van der Waals surface area contributed by atoms with Crippen molar-refractivity contribution in [3.05, 3.63) is 139 Å². The first kappa shape index (κ1) is 49.7. The van der Waals surface area contributed by atoms with Gasteiger partial charge in [-0.05, 0) is 57.6 Å². The number of fused-ring (bicyclic) bond motifs is 2. The molecular weight excluding hydrogens is 958 g/mol. The van der Waals surface area contributed by atoms with Crippen LogP contribution in [0.3, 0.4) is 0 Å². The van der Waals surface area contributed by atoms with Crippen molar-refractivity contribution in [2.24, 2.45) is 10.2 Å². The molecule has 4 aromatic carbocycles. The molecule has 0 spiro atoms. The number of phenolic OH excluding ortho intramolecular Hbond substituents is 3. The number of azide groups is 2. The molecule has 0 aliphatic carbocycles. The first-order valence-electron chi connectivity index (χ1n) is 15.5. The monoisotopic (exact) mass is 990 g/mol. The number of aromatic hydroxyl groups is 3. The summed E-state index contributed by atoms with van der Waals surface area (Å²) in [4.78, 5) is 39.9. The Morgan fingerprint density at radius 1 is 0.745 bits per heavy atom. The van der Waals surface area contributed by atoms with Crippen LogP contribution in [0.25, 0.3) is 65.1 Å². The molecule has 0 radical (unpaired) electrons. The average molecular weight is 990 g/mol. The molecule has 0 fully saturated rings. The number of carbonyl (C=O) groups excluding carboxylic acids is 1. The number of phenols is 3. The Kier molecular flexibility index (Phi) is 24.6. The second kappa shape index (κ2) is 27.3. The van der Waals surface area contributed by atoms with E-state index in [1.165, 1.54) is 18.2 Å². The Morgan fingerprint density at radius 3 is 1.64 bits per heavy atom. The van der Waals surface area contributed by atoms with Crippen LogP contribution in [-0.2, 0) is 9.68 Å². The van der Waals surface area contributed by atoms with Crippen molar-refractivity contribution in [2.75, 3.05) is 19.7 Å². The van der Waals surface area contributed by atoms with Gasteiger partial charge in [-0.2, -0.15) is 0 Å². The molecule has 0 saturated heterocycles. The van der Waals surface area contributed by atoms with Crippen molar-refractivity contribution >= 4 is 28.4 Å². The van der Waals surface area contributed by atoms with E-state index >= 15 is 0 Å². The summed E-state index contributed by atoms with van der Waals surface area (Å²) in [5.41, 5.74) is 17.8. The summed E-state index contributed by atoms with van der Waals surface area (Å²) < 4.78 is 15.5. The van der Waals surface area contributed by atoms with Gasteiger partial charge in [0.2, 0.25) is 11.5 Å². The maximum atomic E-state index is 11.9. The zero-order valence-electron chi connectivity index (χ0n) is 30.9. The summed E-state index contributed by atoms with van der Waals surface area (Å²) in [5, 5.41) is 45.8. The number of hydrogen-bond donors (Lipinski definition) is 3. The fourth-order valence-corrected chi connectivity index (χ4v) is 4.61. The first-order chi connectivity index (χ1) is 25.7. The summed E-state index contributed by atoms with van der Waals surface area (Å²) in [6, 6.07) is 27.7. The molecule has 0 unspecified atom stereocenters. The second-order valence-corrected chi connectivity index (χ2v) is 10.2. The molecule has 19 heteroatoms. The van der Waals surface area contributed by atoms with Crippen LogP contribution in [0.1, 0.15) is 14.8 Å². The summed E-state index contributed by atoms with van der Waals surface area (Å²) in [6.45, 7) is 2.64. The molecule has 0 bridgehead atoms. The van der Waals surface area contributed by atoms with Crippen LogP contribution in [0.15, 0.2) is 126 Å². The number of carbonyl (C=O) groups is 1. The van der Waals surface area contributed by atoms with Gasteiger partial charge in [-0.25, -0.2) is 9.59 Å². The molecule has 0 atom stereocenters. The maximum absolute atomic E-state index is 11.9. The quantitative estimate of drug-likeness (QED) is 0.0211. The standard InChI is InChI=1S/C17H13N3O4.C15H10O4.C3H7N3.CH2O3.2Cs.H/c18-20-19-8-9-23-14-7-6-12-13(11-4-2-1-3-5-11)10-15(21)24-17(12)16(14)22;16-12-7-6-10-11(9-4-2-1-3-5-9)8-13(17)19-15(10)14(12)18;1-2-3-5-6-4;2-1-4-3;;;/h1-7,10,22H,8-9H2;1-8,16,18H;2-3H2,1H3;1,3H;;;/q;;;;2*+1;-1/p-1. The van der Waals surface area contributed by atoms with Crippen LogP contribution < -0.4 is 159 Å². The van der Waals surface area contributed by atoms with Crippen LogP contribution in [0.4, 0.5) is 0 Å². The fourth-order valence-electron chi connectivity index (χ4n) is 4.61. The molecule has 2 aromatic heterocycles. The van der Waals surface area contributed by atoms with Gasteiger partial charge in [0.1, 0.15) is 0 Å². The van der Waals surface area contributed by atoms with Gasteiger partial charge in [0, 0.05) is 39.3 Å². The van der Waals surface area contributed by atoms with E-state index in [-0.39, 0.29) is 187 Å². The molecule has 274 valence electrons. The Balaban J connectivity index is 0.000000846. The third-order valence-electron chi connectivity index (χ3n) is 6.82. The van der Waals surface area contributed by atoms with Crippen LogP contribution >= 0.6 is 0 Å². The molecule has 0 aliphatic heterocycles. The fraction of sp³-hybridized carbons (Fsp3) is 0.139. The molecule has 6 aromatic rings. The SMILES string of the molecule is CCCN=[N+]=[N-].O=CO[O-].O=c1cc(-c2ccccc2)c2ccc(O)c(O)c2o1.[Cs+].[Cs+].[H-].[N-]=[N+]=NCCOc1ccc2c(-c3ccccc3)cc(=O)oc2c1O. The van der Waals surface area contributed by atoms with Gasteiger partial charge in [-0.1, -0.05) is 84.2 Å². The molecule has 0 aliphatic rings. The molecule has 0 amide bonds. The third-order valence-corrected chi connectivity index (χ3v) is 6.82. The van der Waals surface area contributed by atoms with E-state index in [0.29, 0.717) is 28.4 Å². The predicted octanol–water partition coefficient (Wildman–Crippen LogP) is 0.988. The molecule has 17 nitrogen and oxygen atoms in total. The molecule has 55 heavy (non-hydrogen) atoms. The Hall–Kier alpha value is -3.35. The topological polar surface area (TPSA) is 277 Å². The van der Waals surface area contributed by atoms with E-state index in [4.69, 9.17) is 34.7 Å². The second-order valence-electron chi connectivity index (χ2n) is 10.2. The normalized spacial score (nSPS) is 9.35. The van der Waals surface area contributed by atoms with Crippen molar-refractivity contribution < 1.29 is 183 Å². The largest absolute Gasteiger partial charge is 1.00 e. The van der Waals surface area contributed by atoms with Gasteiger partial charge in [-0.15, -0.1) is 0 Å². The van der Waals surface area contributed by atoms with Gasteiger partial charge in [-0.3, -0.25) is 4.79 Å². The van der Waals surface area contributed by atoms with E-state index in [9.17, 15) is 24.9 Å². The van der Waals surface area contributed by atoms with Gasteiger partial charge >= 0.3 is 149 Å². The number of hydrogen-bond acceptors (Lipinski definition) is 13. The number of benzene rings is 4. The van der Waals surface area contributed by atoms with Crippen molar-refractivity contribution in [1.29, 1.82) is 0 Å². The summed E-state index contributed by atoms with van der Waals surface area (Å²) >= 11 is 0. The van der Waals surface area contributed by atoms with Crippen molar-refractivity contribution in [3.8, 4) is 45.3 Å². The Labute approximate surface area is 431 Å². The molecule has 0 saturated carbocycles. The van der Waals surface area contributed by atoms with Gasteiger partial charge in [0.25, 0.3) is 6.47 Å². The molecule has 3 N–H and O–H groups in total. The van der Waals surface area contributed by atoms with E-state index in [1.807, 2.05) is 67.6 Å². The van der Waals surface area contributed by atoms with Crippen LogP contribution in [0.5, 0.6) is 23.0 Å². The van der Waals surface area contributed by atoms with Gasteiger partial charge in [0.15, 0.2) is 22.7 Å². The summed E-state index contributed by atoms with van der Waals surface area (Å²) in [5.74, 6) is -0.847. The van der Waals surface area contributed by atoms with Gasteiger partial charge in [0.05, 0.1) is 13.2 Å². The number of nitrogens with zero attached hydrogens (tertiary/aromatic N) is 6. The van der Waals surface area contributed by atoms with Crippen LogP contribution in [0.2, 0.25) is 0 Å². The van der Waals surface area contributed by atoms with Crippen molar-refractivity contribution in [1.82, 2.24) is 0 Å². The van der Waals surface area contributed by atoms with Crippen LogP contribution in [-0.4, -0.2) is 41.5 Å². The minimum Gasteiger partial charge on any atom is -1.00 e.